The minimum absolute atomic E-state index is 0.0120. The maximum atomic E-state index is 12.4. The molecule has 6 nitrogen and oxygen atoms in total. The first-order chi connectivity index (χ1) is 11.6. The molecule has 7 heteroatoms. The number of amides is 2. The van der Waals surface area contributed by atoms with Crippen LogP contribution in [-0.4, -0.2) is 46.4 Å². The van der Waals surface area contributed by atoms with Gasteiger partial charge in [0.15, 0.2) is 0 Å². The molecule has 1 fully saturated rings. The van der Waals surface area contributed by atoms with Crippen LogP contribution in [0.15, 0.2) is 29.2 Å². The molecule has 0 aromatic carbocycles. The molecule has 1 N–H and O–H groups in total. The van der Waals surface area contributed by atoms with E-state index in [4.69, 9.17) is 4.74 Å². The van der Waals surface area contributed by atoms with Gasteiger partial charge in [-0.25, -0.2) is 4.79 Å². The van der Waals surface area contributed by atoms with E-state index in [1.165, 1.54) is 0 Å². The third-order valence-electron chi connectivity index (χ3n) is 4.07. The molecule has 0 radical (unpaired) electrons. The first-order valence-corrected chi connectivity index (χ1v) is 9.25. The SMILES string of the molecule is Cc1cnn(CCCNC(=O)N2C[C@@H](C)O[C@@H](c3ccsc3)C2)c1. The van der Waals surface area contributed by atoms with E-state index in [1.807, 2.05) is 41.2 Å². The van der Waals surface area contributed by atoms with Crippen LogP contribution >= 0.6 is 11.3 Å². The Bertz CT molecular complexity index is 655. The van der Waals surface area contributed by atoms with Gasteiger partial charge in [0.25, 0.3) is 0 Å². The number of nitrogens with one attached hydrogen (secondary N) is 1. The molecule has 3 heterocycles. The maximum absolute atomic E-state index is 12.4. The number of ether oxygens (including phenoxy) is 1. The van der Waals surface area contributed by atoms with Gasteiger partial charge < -0.3 is 15.0 Å². The van der Waals surface area contributed by atoms with Crippen molar-refractivity contribution in [3.05, 3.63) is 40.3 Å². The van der Waals surface area contributed by atoms with E-state index >= 15 is 0 Å². The van der Waals surface area contributed by atoms with Crippen LogP contribution in [0.5, 0.6) is 0 Å². The van der Waals surface area contributed by atoms with Gasteiger partial charge in [-0.05, 0) is 48.2 Å². The van der Waals surface area contributed by atoms with E-state index in [0.717, 1.165) is 24.1 Å². The van der Waals surface area contributed by atoms with E-state index in [9.17, 15) is 4.79 Å². The fourth-order valence-corrected chi connectivity index (χ4v) is 3.60. The Labute approximate surface area is 146 Å². The molecule has 1 aliphatic heterocycles. The Morgan fingerprint density at radius 2 is 2.38 bits per heavy atom. The molecular formula is C17H24N4O2S. The van der Waals surface area contributed by atoms with Crippen LogP contribution in [0.3, 0.4) is 0 Å². The molecule has 0 bridgehead atoms. The summed E-state index contributed by atoms with van der Waals surface area (Å²) in [4.78, 5) is 14.3. The van der Waals surface area contributed by atoms with Gasteiger partial charge in [-0.1, -0.05) is 0 Å². The van der Waals surface area contributed by atoms with E-state index in [2.05, 4.69) is 21.9 Å². The third kappa shape index (κ3) is 4.36. The number of carbonyl (C=O) groups excluding carboxylic acids is 1. The lowest BCUT2D eigenvalue weighted by Crippen LogP contribution is -2.50. The summed E-state index contributed by atoms with van der Waals surface area (Å²) in [6.45, 7) is 6.72. The number of aromatic nitrogens is 2. The van der Waals surface area contributed by atoms with Crippen LogP contribution in [0, 0.1) is 6.92 Å². The summed E-state index contributed by atoms with van der Waals surface area (Å²) in [6, 6.07) is 2.05. The highest BCUT2D eigenvalue weighted by atomic mass is 32.1. The highest BCUT2D eigenvalue weighted by molar-refractivity contribution is 7.07. The Morgan fingerprint density at radius 3 is 3.08 bits per heavy atom. The molecule has 2 aromatic rings. The zero-order valence-corrected chi connectivity index (χ0v) is 15.0. The number of nitrogens with zero attached hydrogens (tertiary/aromatic N) is 3. The van der Waals surface area contributed by atoms with Gasteiger partial charge in [-0.15, -0.1) is 0 Å². The standard InChI is InChI=1S/C17H24N4O2S/c1-13-8-19-21(9-13)6-3-5-18-17(22)20-10-14(2)23-16(11-20)15-4-7-24-12-15/h4,7-9,12,14,16H,3,5-6,10-11H2,1-2H3,(H,18,22)/t14-,16-/m1/s1. The summed E-state index contributed by atoms with van der Waals surface area (Å²) < 4.78 is 7.88. The zero-order valence-electron chi connectivity index (χ0n) is 14.1. The summed E-state index contributed by atoms with van der Waals surface area (Å²) >= 11 is 1.65. The number of hydrogen-bond donors (Lipinski definition) is 1. The average Bonchev–Trinajstić information content (AvgIpc) is 3.22. The first kappa shape index (κ1) is 17.0. The molecule has 2 amide bonds. The molecule has 130 valence electrons. The summed E-state index contributed by atoms with van der Waals surface area (Å²) in [5.41, 5.74) is 2.30. The molecule has 24 heavy (non-hydrogen) atoms. The van der Waals surface area contributed by atoms with Crippen molar-refractivity contribution in [3.8, 4) is 0 Å². The lowest BCUT2D eigenvalue weighted by Gasteiger charge is -2.36. The smallest absolute Gasteiger partial charge is 0.317 e. The number of hydrogen-bond acceptors (Lipinski definition) is 4. The fourth-order valence-electron chi connectivity index (χ4n) is 2.90. The van der Waals surface area contributed by atoms with Gasteiger partial charge >= 0.3 is 6.03 Å². The van der Waals surface area contributed by atoms with Crippen LogP contribution in [0.25, 0.3) is 0 Å². The Morgan fingerprint density at radius 1 is 1.50 bits per heavy atom. The lowest BCUT2D eigenvalue weighted by atomic mass is 10.1. The number of thiophene rings is 1. The molecule has 1 saturated heterocycles. The van der Waals surface area contributed by atoms with Gasteiger partial charge in [-0.2, -0.15) is 16.4 Å². The van der Waals surface area contributed by atoms with Gasteiger partial charge in [-0.3, -0.25) is 4.68 Å². The summed E-state index contributed by atoms with van der Waals surface area (Å²) in [5, 5.41) is 11.4. The second-order valence-corrected chi connectivity index (χ2v) is 7.04. The number of morpholine rings is 1. The molecule has 0 saturated carbocycles. The molecule has 3 rings (SSSR count). The molecule has 0 spiro atoms. The van der Waals surface area contributed by atoms with Gasteiger partial charge in [0, 0.05) is 25.8 Å². The van der Waals surface area contributed by atoms with Crippen LogP contribution in [0.2, 0.25) is 0 Å². The van der Waals surface area contributed by atoms with E-state index in [-0.39, 0.29) is 18.2 Å². The second-order valence-electron chi connectivity index (χ2n) is 6.26. The summed E-state index contributed by atoms with van der Waals surface area (Å²) in [7, 11) is 0. The fraction of sp³-hybridized carbons (Fsp3) is 0.529. The van der Waals surface area contributed by atoms with Crippen LogP contribution < -0.4 is 5.32 Å². The van der Waals surface area contributed by atoms with Crippen molar-refractivity contribution in [2.24, 2.45) is 0 Å². The molecule has 2 aromatic heterocycles. The van der Waals surface area contributed by atoms with E-state index in [1.54, 1.807) is 11.3 Å². The maximum Gasteiger partial charge on any atom is 0.317 e. The van der Waals surface area contributed by atoms with E-state index in [0.29, 0.717) is 19.6 Å². The van der Waals surface area contributed by atoms with Crippen molar-refractivity contribution in [2.45, 2.75) is 39.0 Å². The normalized spacial score (nSPS) is 21.0. The summed E-state index contributed by atoms with van der Waals surface area (Å²) in [5.74, 6) is 0. The predicted octanol–water partition coefficient (Wildman–Crippen LogP) is 2.81. The Kier molecular flexibility index (Phi) is 5.52. The van der Waals surface area contributed by atoms with Crippen molar-refractivity contribution >= 4 is 17.4 Å². The van der Waals surface area contributed by atoms with Gasteiger partial charge in [0.05, 0.1) is 18.8 Å². The zero-order chi connectivity index (χ0) is 16.9. The van der Waals surface area contributed by atoms with E-state index < -0.39 is 0 Å². The number of carbonyl (C=O) groups is 1. The van der Waals surface area contributed by atoms with Crippen molar-refractivity contribution in [3.63, 3.8) is 0 Å². The van der Waals surface area contributed by atoms with Gasteiger partial charge in [0.2, 0.25) is 0 Å². The summed E-state index contributed by atoms with van der Waals surface area (Å²) in [6.07, 6.45) is 4.73. The van der Waals surface area contributed by atoms with Crippen molar-refractivity contribution < 1.29 is 9.53 Å². The Hall–Kier alpha value is -1.86. The number of rotatable bonds is 5. The molecule has 0 aliphatic carbocycles. The number of aryl methyl sites for hydroxylation is 2. The lowest BCUT2D eigenvalue weighted by molar-refractivity contribution is -0.0654. The minimum Gasteiger partial charge on any atom is -0.367 e. The van der Waals surface area contributed by atoms with Crippen molar-refractivity contribution in [1.82, 2.24) is 20.0 Å². The topological polar surface area (TPSA) is 59.4 Å². The molecule has 0 unspecified atom stereocenters. The number of urea groups is 1. The van der Waals surface area contributed by atoms with Crippen LogP contribution in [0.4, 0.5) is 4.79 Å². The first-order valence-electron chi connectivity index (χ1n) is 8.31. The second kappa shape index (κ2) is 7.81. The molecule has 2 atom stereocenters. The van der Waals surface area contributed by atoms with Crippen molar-refractivity contribution in [2.75, 3.05) is 19.6 Å². The van der Waals surface area contributed by atoms with Crippen LogP contribution in [-0.2, 0) is 11.3 Å². The van der Waals surface area contributed by atoms with Gasteiger partial charge in [0.1, 0.15) is 6.10 Å². The quantitative estimate of drug-likeness (QED) is 0.845. The largest absolute Gasteiger partial charge is 0.367 e. The third-order valence-corrected chi connectivity index (χ3v) is 4.77. The Balaban J connectivity index is 1.45. The molecular weight excluding hydrogens is 324 g/mol. The minimum atomic E-state index is -0.0298. The highest BCUT2D eigenvalue weighted by Gasteiger charge is 2.29. The average molecular weight is 348 g/mol. The van der Waals surface area contributed by atoms with Crippen LogP contribution in [0.1, 0.15) is 30.6 Å². The highest BCUT2D eigenvalue weighted by Crippen LogP contribution is 2.26. The molecule has 1 aliphatic rings. The monoisotopic (exact) mass is 348 g/mol. The van der Waals surface area contributed by atoms with Crippen molar-refractivity contribution in [1.29, 1.82) is 0 Å². The predicted molar refractivity (Wildman–Crippen MR) is 94.2 cm³/mol.